The van der Waals surface area contributed by atoms with E-state index in [2.05, 4.69) is 26.1 Å². The van der Waals surface area contributed by atoms with Crippen LogP contribution in [0.15, 0.2) is 28.7 Å². The van der Waals surface area contributed by atoms with Crippen LogP contribution in [0.5, 0.6) is 0 Å². The van der Waals surface area contributed by atoms with Gasteiger partial charge in [-0.05, 0) is 50.0 Å². The maximum absolute atomic E-state index is 12.2. The minimum atomic E-state index is 0.0510. The summed E-state index contributed by atoms with van der Waals surface area (Å²) in [6.45, 7) is 3.42. The van der Waals surface area contributed by atoms with E-state index in [1.807, 2.05) is 24.3 Å². The molecule has 3 heterocycles. The van der Waals surface area contributed by atoms with Crippen LogP contribution in [0.2, 0.25) is 0 Å². The molecule has 18 heavy (non-hydrogen) atoms. The van der Waals surface area contributed by atoms with Gasteiger partial charge in [0.1, 0.15) is 0 Å². The van der Waals surface area contributed by atoms with Crippen molar-refractivity contribution in [3.05, 3.63) is 34.3 Å². The fourth-order valence-electron chi connectivity index (χ4n) is 3.01. The van der Waals surface area contributed by atoms with Crippen LogP contribution >= 0.6 is 15.9 Å². The Balaban J connectivity index is 1.68. The third-order valence-corrected chi connectivity index (χ3v) is 4.55. The zero-order chi connectivity index (χ0) is 12.5. The molecule has 3 aliphatic heterocycles. The van der Waals surface area contributed by atoms with Gasteiger partial charge >= 0.3 is 0 Å². The monoisotopic (exact) mass is 308 g/mol. The summed E-state index contributed by atoms with van der Waals surface area (Å²) in [4.78, 5) is 14.6. The molecule has 3 saturated heterocycles. The van der Waals surface area contributed by atoms with Gasteiger partial charge in [-0.3, -0.25) is 4.79 Å². The smallest absolute Gasteiger partial charge is 0.251 e. The average Bonchev–Trinajstić information content (AvgIpc) is 2.40. The summed E-state index contributed by atoms with van der Waals surface area (Å²) >= 11 is 3.40. The lowest BCUT2D eigenvalue weighted by Gasteiger charge is -2.44. The average molecular weight is 309 g/mol. The lowest BCUT2D eigenvalue weighted by Crippen LogP contribution is -2.57. The highest BCUT2D eigenvalue weighted by Gasteiger charge is 2.34. The SMILES string of the molecule is O=C(N[C@@H]1CN2CCC1CC2)c1cccc(Br)c1. The molecule has 96 valence electrons. The Morgan fingerprint density at radius 1 is 1.33 bits per heavy atom. The van der Waals surface area contributed by atoms with Crippen molar-refractivity contribution in [3.63, 3.8) is 0 Å². The number of nitrogens with zero attached hydrogens (tertiary/aromatic N) is 1. The molecule has 4 heteroatoms. The molecule has 1 aromatic rings. The highest BCUT2D eigenvalue weighted by Crippen LogP contribution is 2.27. The lowest BCUT2D eigenvalue weighted by molar-refractivity contribution is 0.0620. The molecule has 0 aliphatic carbocycles. The summed E-state index contributed by atoms with van der Waals surface area (Å²) in [6, 6.07) is 7.90. The first-order valence-electron chi connectivity index (χ1n) is 6.51. The summed E-state index contributed by atoms with van der Waals surface area (Å²) in [5.74, 6) is 0.723. The Hall–Kier alpha value is -0.870. The van der Waals surface area contributed by atoms with Crippen LogP contribution in [0.3, 0.4) is 0 Å². The van der Waals surface area contributed by atoms with Crippen molar-refractivity contribution in [3.8, 4) is 0 Å². The largest absolute Gasteiger partial charge is 0.348 e. The van der Waals surface area contributed by atoms with Gasteiger partial charge in [-0.2, -0.15) is 0 Å². The quantitative estimate of drug-likeness (QED) is 0.909. The normalized spacial score (nSPS) is 30.2. The minimum absolute atomic E-state index is 0.0510. The number of carbonyl (C=O) groups excluding carboxylic acids is 1. The predicted octanol–water partition coefficient (Wildman–Crippen LogP) is 2.27. The number of carbonyl (C=O) groups is 1. The highest BCUT2D eigenvalue weighted by molar-refractivity contribution is 9.10. The fraction of sp³-hybridized carbons (Fsp3) is 0.500. The van der Waals surface area contributed by atoms with E-state index in [4.69, 9.17) is 0 Å². The molecule has 0 aromatic heterocycles. The molecular weight excluding hydrogens is 292 g/mol. The van der Waals surface area contributed by atoms with Gasteiger partial charge in [0.2, 0.25) is 0 Å². The number of halogens is 1. The van der Waals surface area contributed by atoms with Crippen molar-refractivity contribution in [2.24, 2.45) is 5.92 Å². The molecule has 3 fully saturated rings. The van der Waals surface area contributed by atoms with Gasteiger partial charge in [0.05, 0.1) is 0 Å². The van der Waals surface area contributed by atoms with E-state index in [1.54, 1.807) is 0 Å². The van der Waals surface area contributed by atoms with Crippen LogP contribution in [-0.4, -0.2) is 36.5 Å². The summed E-state index contributed by atoms with van der Waals surface area (Å²) in [5, 5.41) is 3.19. The number of hydrogen-bond acceptors (Lipinski definition) is 2. The van der Waals surface area contributed by atoms with Crippen molar-refractivity contribution >= 4 is 21.8 Å². The molecule has 0 saturated carbocycles. The number of piperidine rings is 3. The van der Waals surface area contributed by atoms with E-state index in [9.17, 15) is 4.79 Å². The van der Waals surface area contributed by atoms with Gasteiger partial charge in [0.25, 0.3) is 5.91 Å². The molecule has 1 amide bonds. The first kappa shape index (κ1) is 12.2. The van der Waals surface area contributed by atoms with Crippen molar-refractivity contribution < 1.29 is 4.79 Å². The third-order valence-electron chi connectivity index (χ3n) is 4.06. The molecular formula is C14H17BrN2O. The molecule has 0 radical (unpaired) electrons. The van der Waals surface area contributed by atoms with Crippen LogP contribution in [0.1, 0.15) is 23.2 Å². The van der Waals surface area contributed by atoms with E-state index < -0.39 is 0 Å². The highest BCUT2D eigenvalue weighted by atomic mass is 79.9. The zero-order valence-electron chi connectivity index (χ0n) is 10.2. The third kappa shape index (κ3) is 2.45. The van der Waals surface area contributed by atoms with Crippen LogP contribution < -0.4 is 5.32 Å². The second-order valence-electron chi connectivity index (χ2n) is 5.23. The topological polar surface area (TPSA) is 32.3 Å². The van der Waals surface area contributed by atoms with Crippen LogP contribution in [0.25, 0.3) is 0 Å². The Morgan fingerprint density at radius 2 is 2.11 bits per heavy atom. The molecule has 3 aliphatic rings. The summed E-state index contributed by atoms with van der Waals surface area (Å²) in [6.07, 6.45) is 2.45. The molecule has 4 rings (SSSR count). The second-order valence-corrected chi connectivity index (χ2v) is 6.14. The molecule has 1 N–H and O–H groups in total. The Kier molecular flexibility index (Phi) is 3.39. The summed E-state index contributed by atoms with van der Waals surface area (Å²) < 4.78 is 0.948. The maximum atomic E-state index is 12.2. The standard InChI is InChI=1S/C14H17BrN2O/c15-12-3-1-2-11(8-12)14(18)16-13-9-17-6-4-10(13)5-7-17/h1-3,8,10,13H,4-7,9H2,(H,16,18)/t13-/m1/s1. The van der Waals surface area contributed by atoms with Gasteiger partial charge in [0, 0.05) is 22.6 Å². The van der Waals surface area contributed by atoms with Crippen molar-refractivity contribution in [2.75, 3.05) is 19.6 Å². The first-order chi connectivity index (χ1) is 8.72. The van der Waals surface area contributed by atoms with E-state index in [0.717, 1.165) is 16.6 Å². The molecule has 3 nitrogen and oxygen atoms in total. The van der Waals surface area contributed by atoms with Gasteiger partial charge in [-0.25, -0.2) is 0 Å². The van der Waals surface area contributed by atoms with Crippen LogP contribution in [0.4, 0.5) is 0 Å². The van der Waals surface area contributed by atoms with E-state index in [0.29, 0.717) is 12.0 Å². The predicted molar refractivity (Wildman–Crippen MR) is 74.6 cm³/mol. The van der Waals surface area contributed by atoms with Gasteiger partial charge in [0.15, 0.2) is 0 Å². The number of fused-ring (bicyclic) bond motifs is 3. The van der Waals surface area contributed by atoms with Gasteiger partial charge in [-0.15, -0.1) is 0 Å². The molecule has 0 unspecified atom stereocenters. The number of nitrogens with one attached hydrogen (secondary N) is 1. The van der Waals surface area contributed by atoms with Gasteiger partial charge in [-0.1, -0.05) is 22.0 Å². The Morgan fingerprint density at radius 3 is 2.72 bits per heavy atom. The van der Waals surface area contributed by atoms with Gasteiger partial charge < -0.3 is 10.2 Å². The number of hydrogen-bond donors (Lipinski definition) is 1. The maximum Gasteiger partial charge on any atom is 0.251 e. The Labute approximate surface area is 116 Å². The van der Waals surface area contributed by atoms with Crippen LogP contribution in [0, 0.1) is 5.92 Å². The van der Waals surface area contributed by atoms with Crippen molar-refractivity contribution in [2.45, 2.75) is 18.9 Å². The molecule has 1 aromatic carbocycles. The van der Waals surface area contributed by atoms with Crippen molar-refractivity contribution in [1.29, 1.82) is 0 Å². The lowest BCUT2D eigenvalue weighted by atomic mass is 9.84. The summed E-state index contributed by atoms with van der Waals surface area (Å²) in [7, 11) is 0. The van der Waals surface area contributed by atoms with E-state index in [1.165, 1.54) is 25.9 Å². The molecule has 2 bridgehead atoms. The number of amides is 1. The van der Waals surface area contributed by atoms with E-state index >= 15 is 0 Å². The summed E-state index contributed by atoms with van der Waals surface area (Å²) in [5.41, 5.74) is 0.737. The zero-order valence-corrected chi connectivity index (χ0v) is 11.8. The second kappa shape index (κ2) is 5.02. The fourth-order valence-corrected chi connectivity index (χ4v) is 3.41. The van der Waals surface area contributed by atoms with Crippen LogP contribution in [-0.2, 0) is 0 Å². The Bertz CT molecular complexity index is 455. The first-order valence-corrected chi connectivity index (χ1v) is 7.30. The number of benzene rings is 1. The minimum Gasteiger partial charge on any atom is -0.348 e. The van der Waals surface area contributed by atoms with Crippen molar-refractivity contribution in [1.82, 2.24) is 10.2 Å². The molecule has 1 atom stereocenters. The number of rotatable bonds is 2. The van der Waals surface area contributed by atoms with E-state index in [-0.39, 0.29) is 5.91 Å². The molecule has 0 spiro atoms.